The first kappa shape index (κ1) is 33.7. The van der Waals surface area contributed by atoms with E-state index < -0.39 is 48.9 Å². The summed E-state index contributed by atoms with van der Waals surface area (Å²) in [4.78, 5) is 59.8. The molecule has 0 aliphatic rings. The highest BCUT2D eigenvalue weighted by Crippen LogP contribution is 2.35. The zero-order valence-corrected chi connectivity index (χ0v) is 24.8. The first-order valence-electron chi connectivity index (χ1n) is 13.2. The first-order valence-corrected chi connectivity index (χ1v) is 13.2. The van der Waals surface area contributed by atoms with E-state index in [1.807, 2.05) is 0 Å². The average Bonchev–Trinajstić information content (AvgIpc) is 2.99. The largest absolute Gasteiger partial charge is 0.450 e. The third-order valence-corrected chi connectivity index (χ3v) is 5.76. The lowest BCUT2D eigenvalue weighted by atomic mass is 9.99. The van der Waals surface area contributed by atoms with Crippen LogP contribution in [0.2, 0.25) is 0 Å². The summed E-state index contributed by atoms with van der Waals surface area (Å²) in [5.74, 6) is -4.99. The molecule has 0 aliphatic carbocycles. The Morgan fingerprint density at radius 3 is 1.56 bits per heavy atom. The molecule has 232 valence electrons. The van der Waals surface area contributed by atoms with Crippen LogP contribution in [-0.4, -0.2) is 43.1 Å². The fourth-order valence-electron chi connectivity index (χ4n) is 3.48. The molecule has 0 heterocycles. The van der Waals surface area contributed by atoms with Crippen LogP contribution in [0.4, 0.5) is 4.39 Å². The molecule has 0 bridgehead atoms. The van der Waals surface area contributed by atoms with Gasteiger partial charge in [-0.15, -0.1) is 0 Å². The maximum absolute atomic E-state index is 15.3. The van der Waals surface area contributed by atoms with E-state index in [0.717, 1.165) is 0 Å². The molecule has 0 unspecified atom stereocenters. The van der Waals surface area contributed by atoms with Crippen molar-refractivity contribution in [1.82, 2.24) is 0 Å². The fourth-order valence-corrected chi connectivity index (χ4v) is 3.48. The van der Waals surface area contributed by atoms with Crippen LogP contribution in [0.25, 0.3) is 22.3 Å². The van der Waals surface area contributed by atoms with Crippen molar-refractivity contribution in [2.45, 2.75) is 20.8 Å². The van der Waals surface area contributed by atoms with Crippen molar-refractivity contribution in [1.29, 1.82) is 0 Å². The number of rotatable bonds is 12. The van der Waals surface area contributed by atoms with Crippen LogP contribution in [0.1, 0.15) is 20.8 Å². The Morgan fingerprint density at radius 2 is 1.04 bits per heavy atom. The van der Waals surface area contributed by atoms with E-state index in [0.29, 0.717) is 16.7 Å². The van der Waals surface area contributed by atoms with Crippen molar-refractivity contribution >= 4 is 29.8 Å². The number of carbonyl (C=O) groups is 5. The minimum Gasteiger partial charge on any atom is -0.450 e. The van der Waals surface area contributed by atoms with Gasteiger partial charge in [0.05, 0.1) is 0 Å². The summed E-state index contributed by atoms with van der Waals surface area (Å²) < 4.78 is 40.6. The molecule has 11 heteroatoms. The molecule has 0 radical (unpaired) electrons. The summed E-state index contributed by atoms with van der Waals surface area (Å²) in [6, 6.07) is 14.7. The zero-order chi connectivity index (χ0) is 33.3. The van der Waals surface area contributed by atoms with Crippen molar-refractivity contribution < 1.29 is 52.0 Å². The topological polar surface area (TPSA) is 132 Å². The van der Waals surface area contributed by atoms with Gasteiger partial charge in [-0.1, -0.05) is 50.1 Å². The van der Waals surface area contributed by atoms with E-state index >= 15 is 4.39 Å². The molecule has 0 aliphatic heterocycles. The molecule has 0 fully saturated rings. The predicted molar refractivity (Wildman–Crippen MR) is 161 cm³/mol. The molecule has 3 rings (SSSR count). The SMILES string of the molecule is C=C(C)C(=O)OCC(=O)Oc1ccc(-c2ccc(-c3ccc(OC(=O)C(=C)C)cc3)c(F)c2)cc1OC(=O)COC(=O)C(=C)C. The molecular formula is C34H29FO10. The second-order valence-electron chi connectivity index (χ2n) is 9.71. The van der Waals surface area contributed by atoms with Crippen LogP contribution < -0.4 is 14.2 Å². The van der Waals surface area contributed by atoms with Crippen molar-refractivity contribution in [2.75, 3.05) is 13.2 Å². The zero-order valence-electron chi connectivity index (χ0n) is 24.8. The predicted octanol–water partition coefficient (Wildman–Crippen LogP) is 5.69. The van der Waals surface area contributed by atoms with Crippen LogP contribution in [0.5, 0.6) is 17.2 Å². The van der Waals surface area contributed by atoms with Crippen molar-refractivity contribution in [3.8, 4) is 39.5 Å². The molecule has 3 aromatic rings. The summed E-state index contributed by atoms with van der Waals surface area (Å²) in [6.07, 6.45) is 0. The number of hydrogen-bond acceptors (Lipinski definition) is 10. The number of benzene rings is 3. The van der Waals surface area contributed by atoms with E-state index in [1.165, 1.54) is 63.2 Å². The van der Waals surface area contributed by atoms with Crippen LogP contribution in [0.3, 0.4) is 0 Å². The highest BCUT2D eigenvalue weighted by molar-refractivity contribution is 5.90. The molecular weight excluding hydrogens is 587 g/mol. The van der Waals surface area contributed by atoms with E-state index in [9.17, 15) is 24.0 Å². The third-order valence-electron chi connectivity index (χ3n) is 5.76. The number of hydrogen-bond donors (Lipinski definition) is 0. The molecule has 0 amide bonds. The van der Waals surface area contributed by atoms with E-state index in [1.54, 1.807) is 18.2 Å². The number of esters is 5. The van der Waals surface area contributed by atoms with E-state index in [4.69, 9.17) is 23.7 Å². The summed E-state index contributed by atoms with van der Waals surface area (Å²) in [5.41, 5.74) is 1.90. The van der Waals surface area contributed by atoms with Crippen molar-refractivity contribution in [3.05, 3.63) is 103 Å². The lowest BCUT2D eigenvalue weighted by Crippen LogP contribution is -2.21. The molecule has 0 saturated carbocycles. The van der Waals surface area contributed by atoms with Gasteiger partial charge in [0.15, 0.2) is 24.7 Å². The normalized spacial score (nSPS) is 10.2. The second-order valence-corrected chi connectivity index (χ2v) is 9.71. The summed E-state index contributed by atoms with van der Waals surface area (Å²) >= 11 is 0. The molecule has 10 nitrogen and oxygen atoms in total. The van der Waals surface area contributed by atoms with E-state index in [2.05, 4.69) is 19.7 Å². The molecule has 45 heavy (non-hydrogen) atoms. The average molecular weight is 617 g/mol. The van der Waals surface area contributed by atoms with Gasteiger partial charge in [-0.05, 0) is 67.8 Å². The molecule has 0 N–H and O–H groups in total. The van der Waals surface area contributed by atoms with Gasteiger partial charge in [0.1, 0.15) is 11.6 Å². The maximum atomic E-state index is 15.3. The van der Waals surface area contributed by atoms with Gasteiger partial charge < -0.3 is 23.7 Å². The third kappa shape index (κ3) is 9.58. The van der Waals surface area contributed by atoms with Gasteiger partial charge in [-0.3, -0.25) is 0 Å². The highest BCUT2D eigenvalue weighted by Gasteiger charge is 2.19. The lowest BCUT2D eigenvalue weighted by Gasteiger charge is -2.13. The first-order chi connectivity index (χ1) is 21.2. The highest BCUT2D eigenvalue weighted by atomic mass is 19.1. The van der Waals surface area contributed by atoms with Crippen LogP contribution in [0, 0.1) is 5.82 Å². The Morgan fingerprint density at radius 1 is 0.578 bits per heavy atom. The summed E-state index contributed by atoms with van der Waals surface area (Å²) in [6.45, 7) is 13.2. The van der Waals surface area contributed by atoms with Gasteiger partial charge >= 0.3 is 29.8 Å². The van der Waals surface area contributed by atoms with Gasteiger partial charge in [-0.2, -0.15) is 0 Å². The van der Waals surface area contributed by atoms with Crippen LogP contribution in [-0.2, 0) is 33.4 Å². The monoisotopic (exact) mass is 616 g/mol. The van der Waals surface area contributed by atoms with Gasteiger partial charge in [0, 0.05) is 22.3 Å². The molecule has 0 saturated heterocycles. The van der Waals surface area contributed by atoms with E-state index in [-0.39, 0.29) is 39.5 Å². The number of halogens is 1. The molecule has 0 atom stereocenters. The summed E-state index contributed by atoms with van der Waals surface area (Å²) in [7, 11) is 0. The Bertz CT molecular complexity index is 1700. The molecule has 0 spiro atoms. The Labute approximate surface area is 258 Å². The smallest absolute Gasteiger partial charge is 0.349 e. The second kappa shape index (κ2) is 15.1. The lowest BCUT2D eigenvalue weighted by molar-refractivity contribution is -0.151. The maximum Gasteiger partial charge on any atom is 0.349 e. The number of ether oxygens (including phenoxy) is 5. The van der Waals surface area contributed by atoms with Gasteiger partial charge in [0.2, 0.25) is 0 Å². The molecule has 3 aromatic carbocycles. The van der Waals surface area contributed by atoms with Crippen molar-refractivity contribution in [3.63, 3.8) is 0 Å². The Hall–Kier alpha value is -5.84. The quantitative estimate of drug-likeness (QED) is 0.142. The standard InChI is InChI=1S/C34H29FO10/c1-19(2)32(38)41-17-30(36)44-28-14-10-24(16-29(28)45-31(37)18-42-33(39)20(3)4)23-9-13-26(27(35)15-23)22-7-11-25(12-8-22)43-34(40)21(5)6/h7-16H,1,3,5,17-18H2,2,4,6H3. The Kier molecular flexibility index (Phi) is 11.3. The molecule has 0 aromatic heterocycles. The summed E-state index contributed by atoms with van der Waals surface area (Å²) in [5, 5.41) is 0. The Balaban J connectivity index is 1.86. The number of carbonyl (C=O) groups excluding carboxylic acids is 5. The van der Waals surface area contributed by atoms with Crippen LogP contribution in [0.15, 0.2) is 97.1 Å². The van der Waals surface area contributed by atoms with Gasteiger partial charge in [0.25, 0.3) is 0 Å². The minimum atomic E-state index is -1.01. The van der Waals surface area contributed by atoms with Crippen LogP contribution >= 0.6 is 0 Å². The van der Waals surface area contributed by atoms with Gasteiger partial charge in [-0.25, -0.2) is 28.4 Å². The minimum absolute atomic E-state index is 0.0661. The van der Waals surface area contributed by atoms with Crippen molar-refractivity contribution in [2.24, 2.45) is 0 Å². The fraction of sp³-hybridized carbons (Fsp3) is 0.147.